The van der Waals surface area contributed by atoms with Crippen molar-refractivity contribution in [3.05, 3.63) is 63.9 Å². The van der Waals surface area contributed by atoms with E-state index in [9.17, 15) is 0 Å². The zero-order chi connectivity index (χ0) is 15.0. The molecule has 1 unspecified atom stereocenters. The van der Waals surface area contributed by atoms with Gasteiger partial charge in [-0.3, -0.25) is 0 Å². The Balaban J connectivity index is 2.17. The molecule has 0 aliphatic heterocycles. The molecule has 0 fully saturated rings. The van der Waals surface area contributed by atoms with Crippen molar-refractivity contribution in [2.24, 2.45) is 0 Å². The third-order valence-corrected chi connectivity index (χ3v) is 4.37. The molecule has 0 spiro atoms. The average Bonchev–Trinajstić information content (AvgIpc) is 2.80. The van der Waals surface area contributed by atoms with Crippen LogP contribution in [0.25, 0.3) is 11.0 Å². The minimum atomic E-state index is -0.125. The number of halogens is 2. The first kappa shape index (κ1) is 14.6. The standard InChI is InChI=1S/C17H16BrClN2/c1-11-5-3-4-6-13(11)10-21-16-9-14(18)7-8-15(16)20-17(21)12(2)19/h3-9,12H,10H2,1-2H3. The summed E-state index contributed by atoms with van der Waals surface area (Å²) in [7, 11) is 0. The molecule has 2 aromatic carbocycles. The topological polar surface area (TPSA) is 17.8 Å². The predicted molar refractivity (Wildman–Crippen MR) is 92.0 cm³/mol. The van der Waals surface area contributed by atoms with Gasteiger partial charge in [-0.1, -0.05) is 40.2 Å². The molecule has 3 aromatic rings. The third-order valence-electron chi connectivity index (χ3n) is 3.69. The molecule has 0 aliphatic rings. The minimum absolute atomic E-state index is 0.125. The Kier molecular flexibility index (Phi) is 4.05. The minimum Gasteiger partial charge on any atom is -0.322 e. The van der Waals surface area contributed by atoms with Crippen LogP contribution in [0.5, 0.6) is 0 Å². The lowest BCUT2D eigenvalue weighted by Gasteiger charge is -2.12. The Hall–Kier alpha value is -1.32. The fraction of sp³-hybridized carbons (Fsp3) is 0.235. The van der Waals surface area contributed by atoms with Gasteiger partial charge in [0.15, 0.2) is 0 Å². The quantitative estimate of drug-likeness (QED) is 0.565. The predicted octanol–water partition coefficient (Wildman–Crippen LogP) is 5.46. The molecule has 1 atom stereocenters. The SMILES string of the molecule is Cc1ccccc1Cn1c(C(C)Cl)nc2ccc(Br)cc21. The first-order chi connectivity index (χ1) is 10.1. The second-order valence-electron chi connectivity index (χ2n) is 5.23. The summed E-state index contributed by atoms with van der Waals surface area (Å²) in [5.41, 5.74) is 4.65. The zero-order valence-corrected chi connectivity index (χ0v) is 14.3. The van der Waals surface area contributed by atoms with Gasteiger partial charge in [-0.15, -0.1) is 11.6 Å². The summed E-state index contributed by atoms with van der Waals surface area (Å²) >= 11 is 9.87. The number of aryl methyl sites for hydroxylation is 1. The highest BCUT2D eigenvalue weighted by Crippen LogP contribution is 2.28. The number of benzene rings is 2. The number of fused-ring (bicyclic) bond motifs is 1. The number of rotatable bonds is 3. The highest BCUT2D eigenvalue weighted by atomic mass is 79.9. The molecule has 0 saturated carbocycles. The Labute approximate surface area is 137 Å². The lowest BCUT2D eigenvalue weighted by molar-refractivity contribution is 0.739. The molecule has 0 N–H and O–H groups in total. The van der Waals surface area contributed by atoms with Gasteiger partial charge in [0.2, 0.25) is 0 Å². The number of hydrogen-bond acceptors (Lipinski definition) is 1. The number of imidazole rings is 1. The van der Waals surface area contributed by atoms with Gasteiger partial charge in [-0.2, -0.15) is 0 Å². The fourth-order valence-corrected chi connectivity index (χ4v) is 3.06. The summed E-state index contributed by atoms with van der Waals surface area (Å²) < 4.78 is 3.26. The van der Waals surface area contributed by atoms with E-state index in [1.807, 2.05) is 19.1 Å². The molecular weight excluding hydrogens is 348 g/mol. The first-order valence-electron chi connectivity index (χ1n) is 6.90. The number of aromatic nitrogens is 2. The van der Waals surface area contributed by atoms with E-state index < -0.39 is 0 Å². The van der Waals surface area contributed by atoms with Crippen molar-refractivity contribution < 1.29 is 0 Å². The molecule has 2 nitrogen and oxygen atoms in total. The van der Waals surface area contributed by atoms with Crippen molar-refractivity contribution in [1.29, 1.82) is 0 Å². The first-order valence-corrected chi connectivity index (χ1v) is 8.13. The number of nitrogens with zero attached hydrogens (tertiary/aromatic N) is 2. The molecule has 4 heteroatoms. The maximum Gasteiger partial charge on any atom is 0.128 e. The molecular formula is C17H16BrClN2. The Morgan fingerprint density at radius 3 is 2.71 bits per heavy atom. The van der Waals surface area contributed by atoms with Crippen LogP contribution < -0.4 is 0 Å². The van der Waals surface area contributed by atoms with E-state index in [0.29, 0.717) is 0 Å². The van der Waals surface area contributed by atoms with Crippen molar-refractivity contribution in [2.75, 3.05) is 0 Å². The zero-order valence-electron chi connectivity index (χ0n) is 12.0. The van der Waals surface area contributed by atoms with Crippen molar-refractivity contribution >= 4 is 38.6 Å². The van der Waals surface area contributed by atoms with Gasteiger partial charge in [0.25, 0.3) is 0 Å². The fourth-order valence-electron chi connectivity index (χ4n) is 2.54. The van der Waals surface area contributed by atoms with E-state index in [0.717, 1.165) is 27.9 Å². The molecule has 3 rings (SSSR count). The number of hydrogen-bond donors (Lipinski definition) is 0. The van der Waals surface area contributed by atoms with Crippen LogP contribution in [0, 0.1) is 6.92 Å². The van der Waals surface area contributed by atoms with Gasteiger partial charge in [0.1, 0.15) is 5.82 Å². The van der Waals surface area contributed by atoms with E-state index in [2.05, 4.69) is 62.7 Å². The van der Waals surface area contributed by atoms with Gasteiger partial charge in [0.05, 0.1) is 16.4 Å². The van der Waals surface area contributed by atoms with Crippen LogP contribution >= 0.6 is 27.5 Å². The molecule has 0 bridgehead atoms. The van der Waals surface area contributed by atoms with Crippen LogP contribution in [-0.4, -0.2) is 9.55 Å². The molecule has 21 heavy (non-hydrogen) atoms. The molecule has 0 amide bonds. The molecule has 108 valence electrons. The Morgan fingerprint density at radius 1 is 1.24 bits per heavy atom. The van der Waals surface area contributed by atoms with Crippen molar-refractivity contribution in [3.8, 4) is 0 Å². The lowest BCUT2D eigenvalue weighted by atomic mass is 10.1. The van der Waals surface area contributed by atoms with Crippen LogP contribution in [0.4, 0.5) is 0 Å². The molecule has 0 aliphatic carbocycles. The van der Waals surface area contributed by atoms with Crippen LogP contribution in [-0.2, 0) is 6.54 Å². The maximum absolute atomic E-state index is 6.33. The van der Waals surface area contributed by atoms with Crippen molar-refractivity contribution in [3.63, 3.8) is 0 Å². The summed E-state index contributed by atoms with van der Waals surface area (Å²) in [6.07, 6.45) is 0. The van der Waals surface area contributed by atoms with Crippen LogP contribution in [0.2, 0.25) is 0 Å². The van der Waals surface area contributed by atoms with Crippen LogP contribution in [0.1, 0.15) is 29.3 Å². The smallest absolute Gasteiger partial charge is 0.128 e. The Morgan fingerprint density at radius 2 is 2.00 bits per heavy atom. The highest BCUT2D eigenvalue weighted by Gasteiger charge is 2.15. The molecule has 0 saturated heterocycles. The normalized spacial score (nSPS) is 12.8. The van der Waals surface area contributed by atoms with E-state index in [4.69, 9.17) is 11.6 Å². The van der Waals surface area contributed by atoms with Crippen molar-refractivity contribution in [1.82, 2.24) is 9.55 Å². The summed E-state index contributed by atoms with van der Waals surface area (Å²) in [6, 6.07) is 14.6. The third kappa shape index (κ3) is 2.85. The van der Waals surface area contributed by atoms with Gasteiger partial charge in [-0.05, 0) is 43.2 Å². The van der Waals surface area contributed by atoms with Crippen LogP contribution in [0.15, 0.2) is 46.9 Å². The van der Waals surface area contributed by atoms with Crippen LogP contribution in [0.3, 0.4) is 0 Å². The van der Waals surface area contributed by atoms with Gasteiger partial charge < -0.3 is 4.57 Å². The number of alkyl halides is 1. The lowest BCUT2D eigenvalue weighted by Crippen LogP contribution is -2.06. The largest absolute Gasteiger partial charge is 0.322 e. The summed E-state index contributed by atoms with van der Waals surface area (Å²) in [6.45, 7) is 4.88. The molecule has 1 aromatic heterocycles. The van der Waals surface area contributed by atoms with E-state index in [1.54, 1.807) is 0 Å². The summed E-state index contributed by atoms with van der Waals surface area (Å²) in [4.78, 5) is 4.69. The van der Waals surface area contributed by atoms with Gasteiger partial charge in [-0.25, -0.2) is 4.98 Å². The Bertz CT molecular complexity index is 793. The van der Waals surface area contributed by atoms with E-state index in [-0.39, 0.29) is 5.38 Å². The molecule has 0 radical (unpaired) electrons. The van der Waals surface area contributed by atoms with Gasteiger partial charge in [0, 0.05) is 11.0 Å². The highest BCUT2D eigenvalue weighted by molar-refractivity contribution is 9.10. The second-order valence-corrected chi connectivity index (χ2v) is 6.80. The van der Waals surface area contributed by atoms with E-state index >= 15 is 0 Å². The maximum atomic E-state index is 6.33. The molecule has 1 heterocycles. The second kappa shape index (κ2) is 5.82. The average molecular weight is 364 g/mol. The van der Waals surface area contributed by atoms with Crippen molar-refractivity contribution in [2.45, 2.75) is 25.8 Å². The monoisotopic (exact) mass is 362 g/mol. The summed E-state index contributed by atoms with van der Waals surface area (Å²) in [5, 5.41) is -0.125. The van der Waals surface area contributed by atoms with Gasteiger partial charge >= 0.3 is 0 Å². The summed E-state index contributed by atoms with van der Waals surface area (Å²) in [5.74, 6) is 0.910. The van der Waals surface area contributed by atoms with E-state index in [1.165, 1.54) is 11.1 Å².